The van der Waals surface area contributed by atoms with E-state index in [0.717, 1.165) is 19.4 Å². The van der Waals surface area contributed by atoms with Gasteiger partial charge in [-0.25, -0.2) is 0 Å². The second-order valence-electron chi connectivity index (χ2n) is 4.55. The summed E-state index contributed by atoms with van der Waals surface area (Å²) in [4.78, 5) is 12.0. The number of hydrogen-bond donors (Lipinski definition) is 2. The first-order valence-electron chi connectivity index (χ1n) is 6.58. The van der Waals surface area contributed by atoms with Gasteiger partial charge in [0.2, 0.25) is 10.1 Å². The van der Waals surface area contributed by atoms with Gasteiger partial charge in [-0.05, 0) is 42.2 Å². The molecule has 0 radical (unpaired) electrons. The number of thiophene rings is 1. The molecule has 0 aromatic carbocycles. The van der Waals surface area contributed by atoms with Gasteiger partial charge in [-0.15, -0.1) is 10.2 Å². The highest BCUT2D eigenvalue weighted by atomic mass is 32.1. The molecular weight excluding hydrogens is 292 g/mol. The van der Waals surface area contributed by atoms with Crippen LogP contribution >= 0.6 is 22.7 Å². The van der Waals surface area contributed by atoms with Crippen LogP contribution in [0, 0.1) is 0 Å². The van der Waals surface area contributed by atoms with Gasteiger partial charge in [0.1, 0.15) is 0 Å². The Balaban J connectivity index is 1.86. The molecule has 108 valence electrons. The number of rotatable bonds is 7. The van der Waals surface area contributed by atoms with E-state index >= 15 is 0 Å². The fourth-order valence-corrected chi connectivity index (χ4v) is 3.07. The number of amides is 1. The van der Waals surface area contributed by atoms with Crippen molar-refractivity contribution < 1.29 is 4.79 Å². The van der Waals surface area contributed by atoms with Crippen LogP contribution in [0.25, 0.3) is 0 Å². The van der Waals surface area contributed by atoms with E-state index in [1.54, 1.807) is 11.3 Å². The maximum Gasteiger partial charge on any atom is 0.282 e. The Morgan fingerprint density at radius 1 is 1.45 bits per heavy atom. The maximum atomic E-state index is 12.0. The molecule has 0 saturated carbocycles. The van der Waals surface area contributed by atoms with Gasteiger partial charge in [-0.1, -0.05) is 18.3 Å². The number of anilines is 1. The minimum atomic E-state index is -0.158. The monoisotopic (exact) mass is 310 g/mol. The molecule has 1 atom stereocenters. The number of carbonyl (C=O) groups excluding carboxylic acids is 1. The Bertz CT molecular complexity index is 538. The average Bonchev–Trinajstić information content (AvgIpc) is 3.07. The van der Waals surface area contributed by atoms with Gasteiger partial charge >= 0.3 is 0 Å². The van der Waals surface area contributed by atoms with Crippen molar-refractivity contribution in [1.29, 1.82) is 0 Å². The lowest BCUT2D eigenvalue weighted by Gasteiger charge is -2.11. The fraction of sp³-hybridized carbons (Fsp3) is 0.462. The van der Waals surface area contributed by atoms with Crippen molar-refractivity contribution in [3.8, 4) is 0 Å². The molecule has 0 aliphatic rings. The molecule has 2 heterocycles. The van der Waals surface area contributed by atoms with Gasteiger partial charge in [-0.3, -0.25) is 4.79 Å². The summed E-state index contributed by atoms with van der Waals surface area (Å²) in [5.41, 5.74) is 1.24. The third-order valence-electron chi connectivity index (χ3n) is 2.64. The highest BCUT2D eigenvalue weighted by Crippen LogP contribution is 2.15. The minimum absolute atomic E-state index is 0.0769. The number of aromatic nitrogens is 2. The zero-order chi connectivity index (χ0) is 14.4. The first kappa shape index (κ1) is 14.9. The van der Waals surface area contributed by atoms with Gasteiger partial charge in [0, 0.05) is 12.6 Å². The Morgan fingerprint density at radius 3 is 3.00 bits per heavy atom. The third kappa shape index (κ3) is 4.28. The van der Waals surface area contributed by atoms with Crippen molar-refractivity contribution in [3.05, 3.63) is 27.4 Å². The van der Waals surface area contributed by atoms with Crippen LogP contribution in [0.15, 0.2) is 16.8 Å². The summed E-state index contributed by atoms with van der Waals surface area (Å²) < 4.78 is 0. The summed E-state index contributed by atoms with van der Waals surface area (Å²) in [7, 11) is 0. The minimum Gasteiger partial charge on any atom is -0.360 e. The van der Waals surface area contributed by atoms with Crippen molar-refractivity contribution in [2.24, 2.45) is 0 Å². The summed E-state index contributed by atoms with van der Waals surface area (Å²) in [6.45, 7) is 4.91. The van der Waals surface area contributed by atoms with E-state index in [4.69, 9.17) is 0 Å². The fourth-order valence-electron chi connectivity index (χ4n) is 1.72. The third-order valence-corrected chi connectivity index (χ3v) is 4.26. The molecule has 0 fully saturated rings. The van der Waals surface area contributed by atoms with E-state index in [1.165, 1.54) is 16.9 Å². The van der Waals surface area contributed by atoms with Crippen LogP contribution < -0.4 is 10.6 Å². The lowest BCUT2D eigenvalue weighted by molar-refractivity contribution is 0.0939. The van der Waals surface area contributed by atoms with E-state index in [0.29, 0.717) is 10.1 Å². The number of hydrogen-bond acceptors (Lipinski definition) is 6. The standard InChI is InChI=1S/C13H18N4OS2/c1-3-5-14-13-17-16-12(20-13)11(18)15-9(2)7-10-4-6-19-8-10/h4,6,8-9H,3,5,7H2,1-2H3,(H,14,17)(H,15,18). The normalized spacial score (nSPS) is 12.1. The molecule has 0 aliphatic heterocycles. The summed E-state index contributed by atoms with van der Waals surface area (Å²) >= 11 is 2.95. The molecule has 1 unspecified atom stereocenters. The first-order chi connectivity index (χ1) is 9.69. The molecule has 2 aromatic heterocycles. The second kappa shape index (κ2) is 7.35. The Morgan fingerprint density at radius 2 is 2.30 bits per heavy atom. The Kier molecular flexibility index (Phi) is 5.49. The van der Waals surface area contributed by atoms with E-state index in [2.05, 4.69) is 39.2 Å². The summed E-state index contributed by atoms with van der Waals surface area (Å²) in [6, 6.07) is 2.15. The van der Waals surface area contributed by atoms with Gasteiger partial charge in [0.15, 0.2) is 0 Å². The molecule has 0 bridgehead atoms. The van der Waals surface area contributed by atoms with Crippen molar-refractivity contribution in [1.82, 2.24) is 15.5 Å². The topological polar surface area (TPSA) is 66.9 Å². The largest absolute Gasteiger partial charge is 0.360 e. The molecule has 2 aromatic rings. The molecule has 2 N–H and O–H groups in total. The quantitative estimate of drug-likeness (QED) is 0.825. The van der Waals surface area contributed by atoms with Crippen molar-refractivity contribution in [2.75, 3.05) is 11.9 Å². The average molecular weight is 310 g/mol. The molecule has 20 heavy (non-hydrogen) atoms. The van der Waals surface area contributed by atoms with E-state index in [9.17, 15) is 4.79 Å². The van der Waals surface area contributed by atoms with Crippen molar-refractivity contribution >= 4 is 33.7 Å². The summed E-state index contributed by atoms with van der Waals surface area (Å²) in [5, 5.41) is 19.2. The molecule has 7 heteroatoms. The van der Waals surface area contributed by atoms with Gasteiger partial charge in [0.25, 0.3) is 5.91 Å². The van der Waals surface area contributed by atoms with Gasteiger partial charge < -0.3 is 10.6 Å². The summed E-state index contributed by atoms with van der Waals surface area (Å²) in [6.07, 6.45) is 1.84. The van der Waals surface area contributed by atoms with Crippen LogP contribution in [0.5, 0.6) is 0 Å². The molecular formula is C13H18N4OS2. The first-order valence-corrected chi connectivity index (χ1v) is 8.34. The van der Waals surface area contributed by atoms with Gasteiger partial charge in [-0.2, -0.15) is 11.3 Å². The molecule has 0 spiro atoms. The zero-order valence-corrected chi connectivity index (χ0v) is 13.2. The van der Waals surface area contributed by atoms with Gasteiger partial charge in [0.05, 0.1) is 0 Å². The number of carbonyl (C=O) groups is 1. The van der Waals surface area contributed by atoms with Crippen LogP contribution in [-0.4, -0.2) is 28.7 Å². The van der Waals surface area contributed by atoms with E-state index in [-0.39, 0.29) is 11.9 Å². The zero-order valence-electron chi connectivity index (χ0n) is 11.5. The van der Waals surface area contributed by atoms with E-state index < -0.39 is 0 Å². The second-order valence-corrected chi connectivity index (χ2v) is 6.31. The molecule has 0 aliphatic carbocycles. The molecule has 0 saturated heterocycles. The lowest BCUT2D eigenvalue weighted by atomic mass is 10.1. The van der Waals surface area contributed by atoms with Crippen LogP contribution in [-0.2, 0) is 6.42 Å². The molecule has 1 amide bonds. The predicted molar refractivity (Wildman–Crippen MR) is 83.6 cm³/mol. The van der Waals surface area contributed by atoms with Crippen molar-refractivity contribution in [3.63, 3.8) is 0 Å². The predicted octanol–water partition coefficient (Wildman–Crippen LogP) is 2.78. The van der Waals surface area contributed by atoms with Crippen LogP contribution in [0.3, 0.4) is 0 Å². The smallest absolute Gasteiger partial charge is 0.282 e. The number of nitrogens with one attached hydrogen (secondary N) is 2. The van der Waals surface area contributed by atoms with Crippen LogP contribution in [0.4, 0.5) is 5.13 Å². The molecule has 5 nitrogen and oxygen atoms in total. The maximum absolute atomic E-state index is 12.0. The van der Waals surface area contributed by atoms with E-state index in [1.807, 2.05) is 12.3 Å². The lowest BCUT2D eigenvalue weighted by Crippen LogP contribution is -2.33. The Hall–Kier alpha value is -1.47. The SMILES string of the molecule is CCCNc1nnc(C(=O)NC(C)Cc2ccsc2)s1. The molecule has 2 rings (SSSR count). The highest BCUT2D eigenvalue weighted by Gasteiger charge is 2.15. The van der Waals surface area contributed by atoms with Crippen LogP contribution in [0.1, 0.15) is 35.6 Å². The Labute approximate surface area is 126 Å². The highest BCUT2D eigenvalue weighted by molar-refractivity contribution is 7.17. The summed E-state index contributed by atoms with van der Waals surface area (Å²) in [5.74, 6) is -0.158. The van der Waals surface area contributed by atoms with Crippen molar-refractivity contribution in [2.45, 2.75) is 32.7 Å². The van der Waals surface area contributed by atoms with Crippen LogP contribution in [0.2, 0.25) is 0 Å². The number of nitrogens with zero attached hydrogens (tertiary/aromatic N) is 2.